The van der Waals surface area contributed by atoms with E-state index in [0.717, 1.165) is 29.9 Å². The van der Waals surface area contributed by atoms with Gasteiger partial charge in [0.2, 0.25) is 5.28 Å². The first-order chi connectivity index (χ1) is 10.2. The number of anilines is 1. The summed E-state index contributed by atoms with van der Waals surface area (Å²) in [6.45, 7) is 11.2. The van der Waals surface area contributed by atoms with Gasteiger partial charge in [-0.2, -0.15) is 15.1 Å². The van der Waals surface area contributed by atoms with Gasteiger partial charge in [0.05, 0.1) is 24.8 Å². The van der Waals surface area contributed by atoms with E-state index in [4.69, 9.17) is 16.3 Å². The minimum absolute atomic E-state index is 0.237. The first-order valence-electron chi connectivity index (χ1n) is 7.40. The van der Waals surface area contributed by atoms with E-state index in [1.54, 1.807) is 0 Å². The van der Waals surface area contributed by atoms with E-state index in [0.29, 0.717) is 13.2 Å². The molecule has 2 aromatic heterocycles. The summed E-state index contributed by atoms with van der Waals surface area (Å²) >= 11 is 6.06. The molecule has 1 aliphatic rings. The van der Waals surface area contributed by atoms with E-state index >= 15 is 0 Å². The molecule has 0 N–H and O–H groups in total. The van der Waals surface area contributed by atoms with Gasteiger partial charge in [0.1, 0.15) is 5.82 Å². The summed E-state index contributed by atoms with van der Waals surface area (Å²) < 4.78 is 7.24. The van der Waals surface area contributed by atoms with Crippen molar-refractivity contribution >= 4 is 28.5 Å². The van der Waals surface area contributed by atoms with Gasteiger partial charge in [-0.25, -0.2) is 4.68 Å². The lowest BCUT2D eigenvalue weighted by Crippen LogP contribution is -2.37. The van der Waals surface area contributed by atoms with Crippen molar-refractivity contribution in [1.29, 1.82) is 0 Å². The molecule has 0 aliphatic carbocycles. The monoisotopic (exact) mass is 311 g/mol. The van der Waals surface area contributed by atoms with Crippen LogP contribution in [0.1, 0.15) is 33.7 Å². The van der Waals surface area contributed by atoms with Gasteiger partial charge in [0.25, 0.3) is 0 Å². The van der Waals surface area contributed by atoms with Crippen molar-refractivity contribution in [2.24, 2.45) is 0 Å². The van der Waals surface area contributed by atoms with Crippen LogP contribution in [0.5, 0.6) is 0 Å². The van der Waals surface area contributed by atoms with Crippen LogP contribution in [0.2, 0.25) is 5.28 Å². The van der Waals surface area contributed by atoms with Crippen LogP contribution in [0, 0.1) is 0 Å². The van der Waals surface area contributed by atoms with E-state index in [9.17, 15) is 0 Å². The van der Waals surface area contributed by atoms with Crippen LogP contribution in [0.3, 0.4) is 0 Å². The second kappa shape index (κ2) is 7.04. The summed E-state index contributed by atoms with van der Waals surface area (Å²) in [6, 6.07) is 0.237. The molecule has 3 rings (SSSR count). The minimum Gasteiger partial charge on any atom is -0.378 e. The molecular weight excluding hydrogens is 290 g/mol. The fourth-order valence-electron chi connectivity index (χ4n) is 2.28. The lowest BCUT2D eigenvalue weighted by molar-refractivity contribution is 0.122. The highest BCUT2D eigenvalue weighted by atomic mass is 35.5. The highest BCUT2D eigenvalue weighted by molar-refractivity contribution is 6.28. The van der Waals surface area contributed by atoms with Crippen molar-refractivity contribution < 1.29 is 4.74 Å². The summed E-state index contributed by atoms with van der Waals surface area (Å²) in [7, 11) is 0. The maximum absolute atomic E-state index is 6.06. The summed E-state index contributed by atoms with van der Waals surface area (Å²) in [6.07, 6.45) is 1.82. The normalized spacial score (nSPS) is 15.2. The molecule has 0 unspecified atom stereocenters. The molecule has 0 bridgehead atoms. The van der Waals surface area contributed by atoms with E-state index in [2.05, 4.69) is 33.8 Å². The number of morpholine rings is 1. The lowest BCUT2D eigenvalue weighted by atomic mass is 10.3. The zero-order chi connectivity index (χ0) is 15.4. The molecule has 1 fully saturated rings. The van der Waals surface area contributed by atoms with E-state index in [1.165, 1.54) is 0 Å². The Morgan fingerprint density at radius 1 is 1.19 bits per heavy atom. The topological polar surface area (TPSA) is 56.1 Å². The van der Waals surface area contributed by atoms with Crippen LogP contribution in [-0.2, 0) is 4.74 Å². The molecule has 6 nitrogen and oxygen atoms in total. The molecule has 0 amide bonds. The minimum atomic E-state index is 0.237. The third-order valence-corrected chi connectivity index (χ3v) is 3.38. The van der Waals surface area contributed by atoms with Crippen LogP contribution in [-0.4, -0.2) is 46.1 Å². The van der Waals surface area contributed by atoms with Gasteiger partial charge in [-0.1, -0.05) is 13.8 Å². The molecule has 0 radical (unpaired) electrons. The Labute approximate surface area is 130 Å². The van der Waals surface area contributed by atoms with E-state index in [-0.39, 0.29) is 11.3 Å². The first kappa shape index (κ1) is 16.0. The average molecular weight is 312 g/mol. The lowest BCUT2D eigenvalue weighted by Gasteiger charge is -2.28. The Bertz CT molecular complexity index is 592. The van der Waals surface area contributed by atoms with Crippen molar-refractivity contribution in [3.05, 3.63) is 11.5 Å². The number of rotatable bonds is 2. The zero-order valence-electron chi connectivity index (χ0n) is 13.0. The van der Waals surface area contributed by atoms with Gasteiger partial charge >= 0.3 is 0 Å². The Hall–Kier alpha value is -1.40. The van der Waals surface area contributed by atoms with Crippen molar-refractivity contribution in [2.45, 2.75) is 33.7 Å². The molecule has 1 saturated heterocycles. The maximum Gasteiger partial charge on any atom is 0.226 e. The zero-order valence-corrected chi connectivity index (χ0v) is 13.8. The van der Waals surface area contributed by atoms with Crippen LogP contribution >= 0.6 is 11.6 Å². The molecule has 2 aromatic rings. The highest BCUT2D eigenvalue weighted by Gasteiger charge is 2.20. The highest BCUT2D eigenvalue weighted by Crippen LogP contribution is 2.27. The molecular formula is C14H22ClN5O. The van der Waals surface area contributed by atoms with Crippen molar-refractivity contribution in [3.8, 4) is 0 Å². The smallest absolute Gasteiger partial charge is 0.226 e. The van der Waals surface area contributed by atoms with Crippen molar-refractivity contribution in [1.82, 2.24) is 19.7 Å². The Kier molecular flexibility index (Phi) is 5.36. The van der Waals surface area contributed by atoms with Crippen LogP contribution < -0.4 is 4.90 Å². The predicted molar refractivity (Wildman–Crippen MR) is 85.1 cm³/mol. The van der Waals surface area contributed by atoms with Gasteiger partial charge in [-0.15, -0.1) is 0 Å². The van der Waals surface area contributed by atoms with Crippen LogP contribution in [0.4, 0.5) is 5.82 Å². The predicted octanol–water partition coefficient (Wildman–Crippen LogP) is 2.92. The summed E-state index contributed by atoms with van der Waals surface area (Å²) in [5.74, 6) is 0.852. The van der Waals surface area contributed by atoms with E-state index < -0.39 is 0 Å². The number of nitrogens with zero attached hydrogens (tertiary/aromatic N) is 5. The van der Waals surface area contributed by atoms with E-state index in [1.807, 2.05) is 24.7 Å². The molecule has 0 saturated carbocycles. The summed E-state index contributed by atoms with van der Waals surface area (Å²) in [5.41, 5.74) is 0.788. The van der Waals surface area contributed by atoms with Crippen molar-refractivity contribution in [2.75, 3.05) is 31.2 Å². The first-order valence-corrected chi connectivity index (χ1v) is 7.78. The third kappa shape index (κ3) is 3.27. The van der Waals surface area contributed by atoms with Gasteiger partial charge < -0.3 is 9.64 Å². The number of aromatic nitrogens is 4. The number of hydrogen-bond donors (Lipinski definition) is 0. The standard InChI is InChI=1S/C12H16ClN5O.C2H6/c1-8(2)18-11-9(7-14-18)10(15-12(13)16-11)17-3-5-19-6-4-17;1-2/h7-8H,3-6H2,1-2H3;1-2H3. The van der Waals surface area contributed by atoms with Crippen LogP contribution in [0.15, 0.2) is 6.20 Å². The number of ether oxygens (including phenoxy) is 1. The second-order valence-electron chi connectivity index (χ2n) is 4.84. The summed E-state index contributed by atoms with van der Waals surface area (Å²) in [5, 5.41) is 5.59. The molecule has 116 valence electrons. The quantitative estimate of drug-likeness (QED) is 0.798. The van der Waals surface area contributed by atoms with Crippen molar-refractivity contribution in [3.63, 3.8) is 0 Å². The molecule has 0 atom stereocenters. The SMILES string of the molecule is CC.CC(C)n1ncc2c(N3CCOCC3)nc(Cl)nc21. The Morgan fingerprint density at radius 3 is 2.48 bits per heavy atom. The molecule has 1 aliphatic heterocycles. The fourth-order valence-corrected chi connectivity index (χ4v) is 2.44. The largest absolute Gasteiger partial charge is 0.378 e. The molecule has 7 heteroatoms. The Morgan fingerprint density at radius 2 is 1.86 bits per heavy atom. The van der Waals surface area contributed by atoms with Gasteiger partial charge in [0, 0.05) is 19.1 Å². The van der Waals surface area contributed by atoms with Crippen LogP contribution in [0.25, 0.3) is 11.0 Å². The number of fused-ring (bicyclic) bond motifs is 1. The van der Waals surface area contributed by atoms with Gasteiger partial charge in [0.15, 0.2) is 5.65 Å². The fraction of sp³-hybridized carbons (Fsp3) is 0.643. The number of hydrogen-bond acceptors (Lipinski definition) is 5. The second-order valence-corrected chi connectivity index (χ2v) is 5.17. The third-order valence-electron chi connectivity index (χ3n) is 3.21. The molecule has 0 aromatic carbocycles. The van der Waals surface area contributed by atoms with Gasteiger partial charge in [-0.05, 0) is 25.4 Å². The van der Waals surface area contributed by atoms with Gasteiger partial charge in [-0.3, -0.25) is 0 Å². The Balaban J connectivity index is 0.000000774. The molecule has 0 spiro atoms. The average Bonchev–Trinajstić information content (AvgIpc) is 2.93. The molecule has 3 heterocycles. The maximum atomic E-state index is 6.06. The molecule has 21 heavy (non-hydrogen) atoms. The number of halogens is 1. The summed E-state index contributed by atoms with van der Waals surface area (Å²) in [4.78, 5) is 10.9.